The van der Waals surface area contributed by atoms with Crippen molar-refractivity contribution in [2.75, 3.05) is 44.7 Å². The highest BCUT2D eigenvalue weighted by Gasteiger charge is 2.42. The van der Waals surface area contributed by atoms with Crippen molar-refractivity contribution in [1.82, 2.24) is 52.3 Å². The molecule has 2 aromatic rings. The van der Waals surface area contributed by atoms with E-state index in [1.807, 2.05) is 20.1 Å². The van der Waals surface area contributed by atoms with E-state index in [9.17, 15) is 62.3 Å². The Balaban J connectivity index is 1.56. The fourth-order valence-electron chi connectivity index (χ4n) is 11.0. The maximum atomic E-state index is 14.7. The molecular weight excluding hydrogens is 1250 g/mol. The number of thioether (sulfide) groups is 1. The fraction of sp³-hybridized carbons (Fsp3) is 0.587. The first-order valence-corrected chi connectivity index (χ1v) is 33.6. The lowest BCUT2D eigenvalue weighted by Crippen LogP contribution is -2.60. The summed E-state index contributed by atoms with van der Waals surface area (Å²) in [5, 5.41) is 21.1. The van der Waals surface area contributed by atoms with Gasteiger partial charge in [-0.25, -0.2) is 0 Å². The lowest BCUT2D eigenvalue weighted by molar-refractivity contribution is -0.144. The van der Waals surface area contributed by atoms with E-state index in [1.165, 1.54) is 21.6 Å². The molecule has 2 heterocycles. The van der Waals surface area contributed by atoms with Crippen LogP contribution in [0.25, 0.3) is 0 Å². The quantitative estimate of drug-likeness (QED) is 0.0173. The maximum Gasteiger partial charge on any atom is 0.245 e. The van der Waals surface area contributed by atoms with Crippen LogP contribution in [-0.4, -0.2) is 198 Å². The van der Waals surface area contributed by atoms with Crippen LogP contribution in [0.4, 0.5) is 0 Å². The summed E-state index contributed by atoms with van der Waals surface area (Å²) in [5.41, 5.74) is 40.6. The zero-order valence-electron chi connectivity index (χ0n) is 54.5. The van der Waals surface area contributed by atoms with E-state index in [0.29, 0.717) is 55.4 Å². The van der Waals surface area contributed by atoms with Crippen LogP contribution in [-0.2, 0) is 75.2 Å². The topological polar surface area (TPSA) is 519 Å². The summed E-state index contributed by atoms with van der Waals surface area (Å²) in [6, 6.07) is 4.51. The van der Waals surface area contributed by atoms with E-state index in [1.54, 1.807) is 60.7 Å². The van der Waals surface area contributed by atoms with Crippen molar-refractivity contribution in [2.24, 2.45) is 51.0 Å². The van der Waals surface area contributed by atoms with Crippen LogP contribution < -0.4 is 82.7 Å². The number of rotatable bonds is 42. The van der Waals surface area contributed by atoms with Gasteiger partial charge in [0.1, 0.15) is 54.4 Å². The Kier molecular flexibility index (Phi) is 33.9. The lowest BCUT2D eigenvalue weighted by Gasteiger charge is -2.32. The molecule has 31 nitrogen and oxygen atoms in total. The van der Waals surface area contributed by atoms with Crippen molar-refractivity contribution in [1.29, 1.82) is 0 Å². The van der Waals surface area contributed by atoms with Crippen LogP contribution >= 0.6 is 11.8 Å². The Morgan fingerprint density at radius 1 is 0.537 bits per heavy atom. The molecule has 2 aliphatic heterocycles. The van der Waals surface area contributed by atoms with E-state index in [0.717, 1.165) is 0 Å². The Morgan fingerprint density at radius 2 is 1.01 bits per heavy atom. The summed E-state index contributed by atoms with van der Waals surface area (Å²) < 4.78 is 0. The van der Waals surface area contributed by atoms with Crippen molar-refractivity contribution in [3.8, 4) is 0 Å². The number of nitrogens with one attached hydrogen (secondary N) is 8. The Morgan fingerprint density at radius 3 is 1.51 bits per heavy atom. The molecule has 4 rings (SSSR count). The van der Waals surface area contributed by atoms with Crippen LogP contribution in [0, 0.1) is 5.92 Å². The van der Waals surface area contributed by atoms with Gasteiger partial charge in [-0.1, -0.05) is 74.5 Å². The van der Waals surface area contributed by atoms with Gasteiger partial charge in [-0.05, 0) is 119 Å². The molecule has 10 atom stereocenters. The molecule has 524 valence electrons. The number of carbonyl (C=O) groups is 13. The minimum atomic E-state index is -1.64. The molecule has 0 spiro atoms. The number of primary amides is 3. The normalized spacial score (nSPS) is 16.8. The van der Waals surface area contributed by atoms with Crippen molar-refractivity contribution in [3.63, 3.8) is 0 Å². The van der Waals surface area contributed by atoms with Gasteiger partial charge in [-0.2, -0.15) is 11.8 Å². The molecule has 0 radical (unpaired) electrons. The van der Waals surface area contributed by atoms with Crippen LogP contribution in [0.15, 0.2) is 65.7 Å². The molecular formula is C63H98N18O13S. The van der Waals surface area contributed by atoms with E-state index in [-0.39, 0.29) is 83.0 Å². The van der Waals surface area contributed by atoms with Gasteiger partial charge in [0.2, 0.25) is 76.8 Å². The molecule has 0 aliphatic carbocycles. The number of benzene rings is 2. The van der Waals surface area contributed by atoms with Gasteiger partial charge in [0.25, 0.3) is 0 Å². The molecule has 0 unspecified atom stereocenters. The van der Waals surface area contributed by atoms with Crippen LogP contribution in [0.1, 0.15) is 121 Å². The smallest absolute Gasteiger partial charge is 0.245 e. The molecule has 2 saturated heterocycles. The van der Waals surface area contributed by atoms with Gasteiger partial charge in [0.15, 0.2) is 5.96 Å². The highest BCUT2D eigenvalue weighted by Crippen LogP contribution is 2.24. The lowest BCUT2D eigenvalue weighted by atomic mass is 10.0. The molecule has 22 N–H and O–H groups in total. The second-order valence-corrected chi connectivity index (χ2v) is 25.1. The van der Waals surface area contributed by atoms with Gasteiger partial charge in [0.05, 0.1) is 12.6 Å². The van der Waals surface area contributed by atoms with E-state index in [4.69, 9.17) is 40.1 Å². The number of guanidine groups is 1. The number of hydrogen-bond donors (Lipinski definition) is 15. The van der Waals surface area contributed by atoms with Crippen molar-refractivity contribution >= 4 is 94.5 Å². The summed E-state index contributed by atoms with van der Waals surface area (Å²) in [7, 11) is 0. The van der Waals surface area contributed by atoms with Crippen LogP contribution in [0.2, 0.25) is 0 Å². The molecule has 95 heavy (non-hydrogen) atoms. The molecule has 2 fully saturated rings. The molecule has 0 bridgehead atoms. The third kappa shape index (κ3) is 27.5. The first-order chi connectivity index (χ1) is 45.2. The predicted molar refractivity (Wildman–Crippen MR) is 356 cm³/mol. The molecule has 32 heteroatoms. The number of aliphatic imine (C=N–C) groups is 1. The van der Waals surface area contributed by atoms with Crippen molar-refractivity contribution < 1.29 is 62.3 Å². The number of carbonyl (C=O) groups excluding carboxylic acids is 13. The third-order valence-corrected chi connectivity index (χ3v) is 16.7. The average molecular weight is 1350 g/mol. The largest absolute Gasteiger partial charge is 0.370 e. The summed E-state index contributed by atoms with van der Waals surface area (Å²) in [5.74, 6) is -9.80. The van der Waals surface area contributed by atoms with Gasteiger partial charge in [-0.3, -0.25) is 67.3 Å². The second kappa shape index (κ2) is 41.0. The molecule has 2 aliphatic rings. The highest BCUT2D eigenvalue weighted by molar-refractivity contribution is 7.98. The molecule has 2 aromatic carbocycles. The summed E-state index contributed by atoms with van der Waals surface area (Å²) in [6.45, 7) is 3.86. The minimum Gasteiger partial charge on any atom is -0.370 e. The molecule has 13 amide bonds. The number of hydrogen-bond acceptors (Lipinski definition) is 17. The third-order valence-electron chi connectivity index (χ3n) is 16.0. The van der Waals surface area contributed by atoms with E-state index < -0.39 is 169 Å². The zero-order valence-corrected chi connectivity index (χ0v) is 55.3. The second-order valence-electron chi connectivity index (χ2n) is 24.1. The Labute approximate surface area is 558 Å². The minimum absolute atomic E-state index is 0.0736. The summed E-state index contributed by atoms with van der Waals surface area (Å²) >= 11 is 1.45. The van der Waals surface area contributed by atoms with Gasteiger partial charge >= 0.3 is 0 Å². The number of nitrogens with two attached hydrogens (primary N) is 7. The van der Waals surface area contributed by atoms with Crippen molar-refractivity contribution in [2.45, 2.75) is 183 Å². The maximum absolute atomic E-state index is 14.7. The first-order valence-electron chi connectivity index (χ1n) is 32.2. The zero-order chi connectivity index (χ0) is 70.1. The van der Waals surface area contributed by atoms with Gasteiger partial charge in [-0.15, -0.1) is 0 Å². The fourth-order valence-corrected chi connectivity index (χ4v) is 11.5. The van der Waals surface area contributed by atoms with Crippen molar-refractivity contribution in [3.05, 3.63) is 71.8 Å². The SMILES string of the molecule is CSCC[C@H](NC(=O)[C@H](CC(C)C)NC(=O)CNC(=O)[C@H](Cc1ccccc1)NC(=O)[C@@H](Cc1ccccc1)NC(=O)[C@@H](CCC(N)=O)NC(=O)[C@@H](CCC(N)=O)NC(=O)[C@@H]1CCCN1C(=O)[C@H](CCCCN)NC(=O)[C@@H]1CCCN1C(=O)[C@@H](N)CCCN=C(N)N)C(N)=O. The Bertz CT molecular complexity index is 2960. The number of likely N-dealkylation sites (tertiary alicyclic amines) is 2. The highest BCUT2D eigenvalue weighted by atomic mass is 32.2. The Hall–Kier alpha value is -8.91. The average Bonchev–Trinajstić information content (AvgIpc) is 1.74. The molecule has 0 aromatic heterocycles. The standard InChI is InChI=1S/C63H98N18O13S/c1-37(2)33-45(57(89)74-41(53(68)85)27-32-95-3)73-52(84)36-72-54(86)46(34-38-15-6-4-7-16-38)78-58(90)47(35-39-17-8-5-9-18-39)79-56(88)42(23-25-50(66)82)75-55(87)43(24-26-51(67)83)76-59(91)49-22-14-31-81(49)62(94)44(20-10-11-28-64)77-60(92)48-21-13-30-80(48)61(93)40(65)19-12-29-71-63(69)70/h4-9,15-18,37,40-49H,10-14,19-36,64-65H2,1-3H3,(H2,66,82)(H2,67,83)(H2,68,85)(H,72,86)(H,73,84)(H,74,89)(H,75,87)(H,76,91)(H,77,92)(H,78,90)(H,79,88)(H4,69,70,71)/t40-,41-,42+,43+,44-,45-,46-,47+,48-,49-/m0/s1. The van der Waals surface area contributed by atoms with E-state index >= 15 is 0 Å². The number of amides is 13. The van der Waals surface area contributed by atoms with Crippen LogP contribution in [0.5, 0.6) is 0 Å². The van der Waals surface area contributed by atoms with Gasteiger partial charge in [0, 0.05) is 45.3 Å². The van der Waals surface area contributed by atoms with Crippen LogP contribution in [0.3, 0.4) is 0 Å². The predicted octanol–water partition coefficient (Wildman–Crippen LogP) is -3.71. The monoisotopic (exact) mass is 1350 g/mol. The summed E-state index contributed by atoms with van der Waals surface area (Å²) in [4.78, 5) is 185. The number of unbranched alkanes of at least 4 members (excludes halogenated alkanes) is 1. The summed E-state index contributed by atoms with van der Waals surface area (Å²) in [6.07, 6.45) is 3.12. The van der Waals surface area contributed by atoms with E-state index in [2.05, 4.69) is 47.5 Å². The first kappa shape index (κ1) is 78.5. The molecule has 0 saturated carbocycles. The van der Waals surface area contributed by atoms with Gasteiger partial charge < -0.3 is 92.5 Å². The number of nitrogens with zero attached hydrogens (tertiary/aromatic N) is 3.